The Morgan fingerprint density at radius 1 is 1.28 bits per heavy atom. The highest BCUT2D eigenvalue weighted by atomic mass is 19.1. The van der Waals surface area contributed by atoms with Crippen LogP contribution in [0.15, 0.2) is 41.6 Å². The van der Waals surface area contributed by atoms with Gasteiger partial charge in [-0.3, -0.25) is 9.59 Å². The zero-order chi connectivity index (χ0) is 18.0. The molecule has 0 spiro atoms. The molecule has 3 aromatic rings. The predicted molar refractivity (Wildman–Crippen MR) is 84.1 cm³/mol. The molecule has 9 nitrogen and oxygen atoms in total. The van der Waals surface area contributed by atoms with Gasteiger partial charge in [-0.2, -0.15) is 5.10 Å². The fourth-order valence-electron chi connectivity index (χ4n) is 2.11. The number of rotatable bonds is 3. The Morgan fingerprint density at radius 3 is 2.68 bits per heavy atom. The second kappa shape index (κ2) is 6.51. The van der Waals surface area contributed by atoms with E-state index in [0.717, 1.165) is 11.0 Å². The van der Waals surface area contributed by atoms with Crippen LogP contribution < -0.4 is 11.0 Å². The minimum absolute atomic E-state index is 0.0306. The number of nitrogens with zero attached hydrogens (tertiary/aromatic N) is 4. The highest BCUT2D eigenvalue weighted by Gasteiger charge is 2.17. The molecule has 3 rings (SSSR count). The van der Waals surface area contributed by atoms with Crippen molar-refractivity contribution in [3.8, 4) is 5.69 Å². The van der Waals surface area contributed by atoms with Crippen molar-refractivity contribution in [3.05, 3.63) is 53.0 Å². The van der Waals surface area contributed by atoms with Gasteiger partial charge in [0.2, 0.25) is 0 Å². The number of nitrogens with one attached hydrogen (secondary N) is 1. The molecule has 0 unspecified atom stereocenters. The van der Waals surface area contributed by atoms with E-state index in [9.17, 15) is 18.8 Å². The lowest BCUT2D eigenvalue weighted by atomic mass is 10.3. The average Bonchev–Trinajstić information content (AvgIpc) is 3.03. The van der Waals surface area contributed by atoms with E-state index in [1.807, 2.05) is 0 Å². The van der Waals surface area contributed by atoms with Crippen LogP contribution in [0.25, 0.3) is 16.7 Å². The number of halogens is 1. The topological polar surface area (TPSA) is 108 Å². The highest BCUT2D eigenvalue weighted by Crippen LogP contribution is 2.13. The maximum Gasteiger partial charge on any atom is 0.398 e. The Hall–Kier alpha value is -3.56. The van der Waals surface area contributed by atoms with Gasteiger partial charge in [-0.15, -0.1) is 0 Å². The Labute approximate surface area is 139 Å². The summed E-state index contributed by atoms with van der Waals surface area (Å²) >= 11 is 0. The third kappa shape index (κ3) is 3.09. The molecule has 0 saturated heterocycles. The van der Waals surface area contributed by atoms with Crippen molar-refractivity contribution in [2.75, 3.05) is 12.0 Å². The largest absolute Gasteiger partial charge is 0.459 e. The number of hydrogen-bond donors (Lipinski definition) is 1. The molecular weight excluding hydrogens is 333 g/mol. The maximum absolute atomic E-state index is 13.0. The number of benzene rings is 1. The lowest BCUT2D eigenvalue weighted by Crippen LogP contribution is -2.37. The normalized spacial score (nSPS) is 10.6. The molecule has 0 aliphatic rings. The molecule has 0 aliphatic heterocycles. The molecule has 25 heavy (non-hydrogen) atoms. The molecule has 0 bridgehead atoms. The van der Waals surface area contributed by atoms with Gasteiger partial charge in [-0.1, -0.05) is 0 Å². The van der Waals surface area contributed by atoms with Gasteiger partial charge in [0.05, 0.1) is 18.5 Å². The number of hydrogen-bond acceptors (Lipinski definition) is 6. The molecule has 0 fully saturated rings. The van der Waals surface area contributed by atoms with Crippen molar-refractivity contribution in [1.82, 2.24) is 19.4 Å². The summed E-state index contributed by atoms with van der Waals surface area (Å²) in [6.45, 7) is 1.58. The third-order valence-electron chi connectivity index (χ3n) is 3.24. The average molecular weight is 345 g/mol. The van der Waals surface area contributed by atoms with E-state index in [4.69, 9.17) is 0 Å². The summed E-state index contributed by atoms with van der Waals surface area (Å²) < 4.78 is 19.7. The van der Waals surface area contributed by atoms with Crippen LogP contribution >= 0.6 is 0 Å². The Kier molecular flexibility index (Phi) is 4.25. The number of carbonyl (C=O) groups is 2. The first-order valence-corrected chi connectivity index (χ1v) is 7.20. The second-order valence-corrected chi connectivity index (χ2v) is 4.85. The summed E-state index contributed by atoms with van der Waals surface area (Å²) in [5, 5.41) is 4.16. The van der Waals surface area contributed by atoms with E-state index in [0.29, 0.717) is 5.69 Å². The molecule has 0 atom stereocenters. The number of ether oxygens (including phenoxy) is 1. The number of amides is 1. The molecule has 1 aromatic carbocycles. The maximum atomic E-state index is 13.0. The molecule has 0 radical (unpaired) electrons. The summed E-state index contributed by atoms with van der Waals surface area (Å²) in [5.41, 5.74) is 2.19. The molecule has 1 amide bonds. The highest BCUT2D eigenvalue weighted by molar-refractivity contribution is 6.35. The molecular formula is C15H12FN5O4. The van der Waals surface area contributed by atoms with Crippen LogP contribution in [0.3, 0.4) is 0 Å². The van der Waals surface area contributed by atoms with Gasteiger partial charge in [-0.25, -0.2) is 29.0 Å². The Bertz CT molecular complexity index is 1010. The lowest BCUT2D eigenvalue weighted by Gasteiger charge is -2.07. The first kappa shape index (κ1) is 16.3. The number of fused-ring (bicyclic) bond motifs is 1. The molecule has 1 N–H and O–H groups in total. The molecule has 10 heteroatoms. The lowest BCUT2D eigenvalue weighted by molar-refractivity contribution is -0.152. The number of esters is 1. The zero-order valence-corrected chi connectivity index (χ0v) is 13.0. The smallest absolute Gasteiger partial charge is 0.398 e. The SMILES string of the molecule is CCOC(=O)C(=O)Nn1cnc2c(cnn2-c2ccc(F)cc2)c1=O. The van der Waals surface area contributed by atoms with E-state index in [1.54, 1.807) is 6.92 Å². The van der Waals surface area contributed by atoms with Gasteiger partial charge in [0, 0.05) is 0 Å². The van der Waals surface area contributed by atoms with Crippen LogP contribution in [-0.4, -0.2) is 37.9 Å². The van der Waals surface area contributed by atoms with Gasteiger partial charge >= 0.3 is 11.9 Å². The van der Waals surface area contributed by atoms with Gasteiger partial charge in [0.15, 0.2) is 5.65 Å². The Morgan fingerprint density at radius 2 is 2.00 bits per heavy atom. The first-order chi connectivity index (χ1) is 12.0. The van der Waals surface area contributed by atoms with Crippen molar-refractivity contribution in [2.45, 2.75) is 6.92 Å². The summed E-state index contributed by atoms with van der Waals surface area (Å²) in [4.78, 5) is 39.4. The van der Waals surface area contributed by atoms with Gasteiger partial charge in [0.25, 0.3) is 5.56 Å². The van der Waals surface area contributed by atoms with Crippen molar-refractivity contribution in [3.63, 3.8) is 0 Å². The quantitative estimate of drug-likeness (QED) is 0.542. The van der Waals surface area contributed by atoms with E-state index in [1.165, 1.54) is 35.1 Å². The monoisotopic (exact) mass is 345 g/mol. The third-order valence-corrected chi connectivity index (χ3v) is 3.24. The van der Waals surface area contributed by atoms with E-state index >= 15 is 0 Å². The van der Waals surface area contributed by atoms with Crippen LogP contribution in [0, 0.1) is 5.82 Å². The summed E-state index contributed by atoms with van der Waals surface area (Å²) in [5.74, 6) is -2.62. The van der Waals surface area contributed by atoms with Crippen molar-refractivity contribution >= 4 is 22.9 Å². The van der Waals surface area contributed by atoms with Crippen molar-refractivity contribution < 1.29 is 18.7 Å². The Balaban J connectivity index is 1.97. The molecule has 0 saturated carbocycles. The number of carbonyl (C=O) groups excluding carboxylic acids is 2. The van der Waals surface area contributed by atoms with E-state index < -0.39 is 23.3 Å². The predicted octanol–water partition coefficient (Wildman–Crippen LogP) is 0.354. The molecule has 0 aliphatic carbocycles. The zero-order valence-electron chi connectivity index (χ0n) is 13.0. The molecule has 128 valence electrons. The summed E-state index contributed by atoms with van der Waals surface area (Å²) in [6.07, 6.45) is 2.31. The second-order valence-electron chi connectivity index (χ2n) is 4.85. The summed E-state index contributed by atoms with van der Waals surface area (Å²) in [7, 11) is 0. The molecule has 2 heterocycles. The van der Waals surface area contributed by atoms with Crippen LogP contribution in [0.2, 0.25) is 0 Å². The minimum atomic E-state index is -1.11. The van der Waals surface area contributed by atoms with Crippen LogP contribution in [0.4, 0.5) is 4.39 Å². The van der Waals surface area contributed by atoms with Gasteiger partial charge < -0.3 is 4.74 Å². The van der Waals surface area contributed by atoms with E-state index in [-0.39, 0.29) is 17.6 Å². The van der Waals surface area contributed by atoms with Crippen molar-refractivity contribution in [2.24, 2.45) is 0 Å². The minimum Gasteiger partial charge on any atom is -0.459 e. The molecule has 2 aromatic heterocycles. The van der Waals surface area contributed by atoms with Crippen LogP contribution in [0.1, 0.15) is 6.92 Å². The van der Waals surface area contributed by atoms with Crippen LogP contribution in [-0.2, 0) is 14.3 Å². The van der Waals surface area contributed by atoms with Gasteiger partial charge in [0.1, 0.15) is 17.5 Å². The fraction of sp³-hybridized carbons (Fsp3) is 0.133. The van der Waals surface area contributed by atoms with E-state index in [2.05, 4.69) is 20.2 Å². The fourth-order valence-corrected chi connectivity index (χ4v) is 2.11. The van der Waals surface area contributed by atoms with Crippen LogP contribution in [0.5, 0.6) is 0 Å². The first-order valence-electron chi connectivity index (χ1n) is 7.20. The number of aromatic nitrogens is 4. The standard InChI is InChI=1S/C15H12FN5O4/c1-2-25-15(24)13(22)19-20-8-17-12-11(14(20)23)7-18-21(12)10-5-3-9(16)4-6-10/h3-8H,2H2,1H3,(H,19,22). The van der Waals surface area contributed by atoms with Crippen molar-refractivity contribution in [1.29, 1.82) is 0 Å². The van der Waals surface area contributed by atoms with Gasteiger partial charge in [-0.05, 0) is 31.2 Å². The summed E-state index contributed by atoms with van der Waals surface area (Å²) in [6, 6.07) is 5.47.